The molecule has 3 rings (SSSR count). The van der Waals surface area contributed by atoms with Crippen molar-refractivity contribution < 1.29 is 12.8 Å². The van der Waals surface area contributed by atoms with Gasteiger partial charge < -0.3 is 15.1 Å². The minimum atomic E-state index is -3.56. The van der Waals surface area contributed by atoms with Gasteiger partial charge in [-0.15, -0.1) is 10.2 Å². The molecule has 1 aromatic heterocycles. The van der Waals surface area contributed by atoms with Crippen molar-refractivity contribution >= 4 is 21.4 Å². The van der Waals surface area contributed by atoms with Gasteiger partial charge in [0.1, 0.15) is 0 Å². The van der Waals surface area contributed by atoms with Crippen LogP contribution in [0.3, 0.4) is 0 Å². The van der Waals surface area contributed by atoms with Crippen LogP contribution < -0.4 is 10.6 Å². The number of benzene rings is 2. The smallest absolute Gasteiger partial charge is 0.247 e. The molecule has 1 heterocycles. The molecule has 0 aliphatic rings. The van der Waals surface area contributed by atoms with Gasteiger partial charge in [0.25, 0.3) is 0 Å². The summed E-state index contributed by atoms with van der Waals surface area (Å²) in [5, 5.41) is 14.8. The Balaban J connectivity index is 1.83. The Morgan fingerprint density at radius 3 is 2.35 bits per heavy atom. The quantitative estimate of drug-likeness (QED) is 0.458. The van der Waals surface area contributed by atoms with E-state index in [4.69, 9.17) is 4.42 Å². The predicted octanol–water partition coefficient (Wildman–Crippen LogP) is 4.20. The van der Waals surface area contributed by atoms with Crippen LogP contribution in [0.1, 0.15) is 33.1 Å². The minimum absolute atomic E-state index is 0.247. The molecule has 0 unspecified atom stereocenters. The zero-order valence-corrected chi connectivity index (χ0v) is 18.9. The summed E-state index contributed by atoms with van der Waals surface area (Å²) in [5.41, 5.74) is 2.34. The molecule has 0 atom stereocenters. The monoisotopic (exact) mass is 443 g/mol. The molecule has 0 amide bonds. The van der Waals surface area contributed by atoms with Gasteiger partial charge in [0.05, 0.1) is 22.8 Å². The highest BCUT2D eigenvalue weighted by atomic mass is 32.2. The Hall–Kier alpha value is -2.91. The van der Waals surface area contributed by atoms with E-state index in [0.717, 1.165) is 24.2 Å². The Bertz CT molecular complexity index is 1080. The fourth-order valence-corrected chi connectivity index (χ4v) is 4.63. The Labute approximate surface area is 183 Å². The summed E-state index contributed by atoms with van der Waals surface area (Å²) in [6.45, 7) is 7.62. The minimum Gasteiger partial charge on any atom is -0.419 e. The normalized spacial score (nSPS) is 11.6. The van der Waals surface area contributed by atoms with Crippen molar-refractivity contribution in [2.75, 3.05) is 30.3 Å². The van der Waals surface area contributed by atoms with Gasteiger partial charge in [-0.2, -0.15) is 4.31 Å². The first-order valence-corrected chi connectivity index (χ1v) is 11.9. The molecule has 0 saturated heterocycles. The van der Waals surface area contributed by atoms with E-state index in [0.29, 0.717) is 30.6 Å². The zero-order chi connectivity index (χ0) is 22.3. The third kappa shape index (κ3) is 5.42. The largest absolute Gasteiger partial charge is 0.419 e. The van der Waals surface area contributed by atoms with Gasteiger partial charge in [-0.3, -0.25) is 0 Å². The van der Waals surface area contributed by atoms with Gasteiger partial charge in [0.2, 0.25) is 21.8 Å². The second-order valence-electron chi connectivity index (χ2n) is 6.94. The van der Waals surface area contributed by atoms with Crippen LogP contribution in [0.4, 0.5) is 11.4 Å². The van der Waals surface area contributed by atoms with Crippen LogP contribution >= 0.6 is 0 Å². The van der Waals surface area contributed by atoms with Crippen molar-refractivity contribution in [2.24, 2.45) is 0 Å². The number of hydrogen-bond donors (Lipinski definition) is 2. The molecule has 0 saturated carbocycles. The first kappa shape index (κ1) is 22.8. The first-order chi connectivity index (χ1) is 15.0. The summed E-state index contributed by atoms with van der Waals surface area (Å²) < 4.78 is 33.1. The van der Waals surface area contributed by atoms with E-state index in [1.54, 1.807) is 18.2 Å². The Kier molecular flexibility index (Phi) is 7.64. The molecular formula is C22H29N5O3S. The molecular weight excluding hydrogens is 414 g/mol. The van der Waals surface area contributed by atoms with E-state index in [9.17, 15) is 8.42 Å². The molecule has 0 radical (unpaired) electrons. The fraction of sp³-hybridized carbons (Fsp3) is 0.364. The summed E-state index contributed by atoms with van der Waals surface area (Å²) in [4.78, 5) is 0.247. The number of nitrogens with zero attached hydrogens (tertiary/aromatic N) is 3. The molecule has 166 valence electrons. The Morgan fingerprint density at radius 1 is 0.935 bits per heavy atom. The number of rotatable bonds is 11. The van der Waals surface area contributed by atoms with Crippen molar-refractivity contribution in [3.63, 3.8) is 0 Å². The van der Waals surface area contributed by atoms with Crippen molar-refractivity contribution in [2.45, 2.75) is 38.6 Å². The van der Waals surface area contributed by atoms with E-state index in [1.165, 1.54) is 4.31 Å². The number of anilines is 2. The van der Waals surface area contributed by atoms with E-state index in [1.807, 2.05) is 44.2 Å². The lowest BCUT2D eigenvalue weighted by Crippen LogP contribution is -2.30. The molecule has 0 fully saturated rings. The topological polar surface area (TPSA) is 100 Å². The van der Waals surface area contributed by atoms with Crippen molar-refractivity contribution in [3.8, 4) is 11.5 Å². The molecule has 3 aromatic rings. The third-order valence-corrected chi connectivity index (χ3v) is 6.86. The van der Waals surface area contributed by atoms with Gasteiger partial charge in [0.15, 0.2) is 0 Å². The maximum absolute atomic E-state index is 12.9. The van der Waals surface area contributed by atoms with Crippen LogP contribution in [0.5, 0.6) is 0 Å². The van der Waals surface area contributed by atoms with Crippen LogP contribution in [0.25, 0.3) is 11.5 Å². The Morgan fingerprint density at radius 2 is 1.68 bits per heavy atom. The highest BCUT2D eigenvalue weighted by molar-refractivity contribution is 7.89. The molecule has 0 bridgehead atoms. The van der Waals surface area contributed by atoms with Gasteiger partial charge in [0, 0.05) is 25.2 Å². The van der Waals surface area contributed by atoms with Gasteiger partial charge >= 0.3 is 0 Å². The standard InChI is InChI=1S/C22H29N5O3S/c1-4-14-23-19-13-12-18(31(28,29)27(5-2)6-3)15-20(19)24-16-21-25-26-22(30-21)17-10-8-7-9-11-17/h7-13,15,23-24H,4-6,14,16H2,1-3H3. The lowest BCUT2D eigenvalue weighted by molar-refractivity contribution is 0.445. The van der Waals surface area contributed by atoms with Crippen molar-refractivity contribution in [1.29, 1.82) is 0 Å². The van der Waals surface area contributed by atoms with E-state index < -0.39 is 10.0 Å². The number of nitrogens with one attached hydrogen (secondary N) is 2. The average molecular weight is 444 g/mol. The number of sulfonamides is 1. The molecule has 2 N–H and O–H groups in total. The van der Waals surface area contributed by atoms with Crippen molar-refractivity contribution in [3.05, 3.63) is 54.4 Å². The fourth-order valence-electron chi connectivity index (χ4n) is 3.15. The molecule has 31 heavy (non-hydrogen) atoms. The molecule has 9 heteroatoms. The van der Waals surface area contributed by atoms with Gasteiger partial charge in [-0.1, -0.05) is 39.0 Å². The third-order valence-electron chi connectivity index (χ3n) is 4.82. The lowest BCUT2D eigenvalue weighted by Gasteiger charge is -2.20. The van der Waals surface area contributed by atoms with E-state index in [2.05, 4.69) is 27.8 Å². The number of aromatic nitrogens is 2. The maximum atomic E-state index is 12.9. The van der Waals surface area contributed by atoms with Gasteiger partial charge in [-0.05, 0) is 36.8 Å². The molecule has 0 spiro atoms. The first-order valence-electron chi connectivity index (χ1n) is 10.5. The molecule has 0 aliphatic heterocycles. The van der Waals surface area contributed by atoms with Crippen LogP contribution in [-0.2, 0) is 16.6 Å². The SMILES string of the molecule is CCCNc1ccc(S(=O)(=O)N(CC)CC)cc1NCc1nnc(-c2ccccc2)o1. The maximum Gasteiger partial charge on any atom is 0.247 e. The molecule has 8 nitrogen and oxygen atoms in total. The highest BCUT2D eigenvalue weighted by Gasteiger charge is 2.22. The zero-order valence-electron chi connectivity index (χ0n) is 18.1. The van der Waals surface area contributed by atoms with Crippen LogP contribution in [0.2, 0.25) is 0 Å². The van der Waals surface area contributed by atoms with Crippen LogP contribution in [0.15, 0.2) is 57.8 Å². The van der Waals surface area contributed by atoms with Gasteiger partial charge in [-0.25, -0.2) is 8.42 Å². The second kappa shape index (κ2) is 10.4. The second-order valence-corrected chi connectivity index (χ2v) is 8.88. The average Bonchev–Trinajstić information content (AvgIpc) is 3.27. The summed E-state index contributed by atoms with van der Waals surface area (Å²) in [5.74, 6) is 0.858. The number of hydrogen-bond acceptors (Lipinski definition) is 7. The van der Waals surface area contributed by atoms with Crippen molar-refractivity contribution in [1.82, 2.24) is 14.5 Å². The summed E-state index contributed by atoms with van der Waals surface area (Å²) in [6.07, 6.45) is 0.947. The lowest BCUT2D eigenvalue weighted by atomic mass is 10.2. The summed E-state index contributed by atoms with van der Waals surface area (Å²) in [6, 6.07) is 14.6. The molecule has 2 aromatic carbocycles. The van der Waals surface area contributed by atoms with E-state index in [-0.39, 0.29) is 11.4 Å². The van der Waals surface area contributed by atoms with Crippen LogP contribution in [-0.4, -0.2) is 42.6 Å². The summed E-state index contributed by atoms with van der Waals surface area (Å²) in [7, 11) is -3.56. The highest BCUT2D eigenvalue weighted by Crippen LogP contribution is 2.28. The van der Waals surface area contributed by atoms with E-state index >= 15 is 0 Å². The van der Waals surface area contributed by atoms with Crippen LogP contribution in [0, 0.1) is 0 Å². The predicted molar refractivity (Wildman–Crippen MR) is 122 cm³/mol. The summed E-state index contributed by atoms with van der Waals surface area (Å²) >= 11 is 0. The molecule has 0 aliphatic carbocycles.